The van der Waals surface area contributed by atoms with Crippen LogP contribution in [0.4, 0.5) is 0 Å². The van der Waals surface area contributed by atoms with E-state index in [-0.39, 0.29) is 0 Å². The van der Waals surface area contributed by atoms with Crippen molar-refractivity contribution in [1.29, 1.82) is 0 Å². The molecular formula is C19H33N3O. The van der Waals surface area contributed by atoms with E-state index in [1.54, 1.807) is 7.11 Å². The number of ether oxygens (including phenoxy) is 1. The number of aryl methyl sites for hydroxylation is 1. The van der Waals surface area contributed by atoms with Crippen LogP contribution in [-0.4, -0.2) is 63.2 Å². The van der Waals surface area contributed by atoms with Gasteiger partial charge in [-0.05, 0) is 33.0 Å². The van der Waals surface area contributed by atoms with Gasteiger partial charge in [0.25, 0.3) is 0 Å². The molecule has 1 aliphatic rings. The molecule has 1 heterocycles. The van der Waals surface area contributed by atoms with Gasteiger partial charge in [-0.2, -0.15) is 0 Å². The molecule has 0 spiro atoms. The molecule has 0 bridgehead atoms. The van der Waals surface area contributed by atoms with Crippen LogP contribution in [0.5, 0.6) is 5.75 Å². The highest BCUT2D eigenvalue weighted by Gasteiger charge is 2.24. The van der Waals surface area contributed by atoms with Gasteiger partial charge in [0.15, 0.2) is 0 Å². The van der Waals surface area contributed by atoms with E-state index in [1.807, 2.05) is 0 Å². The molecule has 4 heteroatoms. The number of nitrogens with zero attached hydrogens (tertiary/aromatic N) is 2. The van der Waals surface area contributed by atoms with Gasteiger partial charge in [-0.1, -0.05) is 31.0 Å². The predicted molar refractivity (Wildman–Crippen MR) is 97.3 cm³/mol. The summed E-state index contributed by atoms with van der Waals surface area (Å²) in [7, 11) is 4.03. The maximum Gasteiger partial charge on any atom is 0.123 e. The molecule has 2 rings (SSSR count). The minimum atomic E-state index is 0.384. The fourth-order valence-electron chi connectivity index (χ4n) is 3.29. The highest BCUT2D eigenvalue weighted by molar-refractivity contribution is 5.39. The third-order valence-electron chi connectivity index (χ3n) is 4.78. The summed E-state index contributed by atoms with van der Waals surface area (Å²) in [6.45, 7) is 11.1. The van der Waals surface area contributed by atoms with Gasteiger partial charge in [0, 0.05) is 38.3 Å². The number of rotatable bonds is 8. The smallest absolute Gasteiger partial charge is 0.123 e. The third-order valence-corrected chi connectivity index (χ3v) is 4.78. The number of hydrogen-bond donors (Lipinski definition) is 1. The lowest BCUT2D eigenvalue weighted by atomic mass is 10.0. The van der Waals surface area contributed by atoms with Crippen LogP contribution in [0.2, 0.25) is 0 Å². The minimum absolute atomic E-state index is 0.384. The zero-order valence-electron chi connectivity index (χ0n) is 15.3. The summed E-state index contributed by atoms with van der Waals surface area (Å²) in [5.74, 6) is 1.01. The Hall–Kier alpha value is -1.10. The van der Waals surface area contributed by atoms with Gasteiger partial charge in [-0.3, -0.25) is 9.80 Å². The van der Waals surface area contributed by atoms with Gasteiger partial charge < -0.3 is 10.1 Å². The number of piperazine rings is 1. The van der Waals surface area contributed by atoms with Crippen molar-refractivity contribution in [3.63, 3.8) is 0 Å². The molecule has 0 saturated carbocycles. The lowest BCUT2D eigenvalue weighted by Crippen LogP contribution is -2.47. The quantitative estimate of drug-likeness (QED) is 0.797. The Morgan fingerprint density at radius 2 is 2.04 bits per heavy atom. The Bertz CT molecular complexity index is 472. The summed E-state index contributed by atoms with van der Waals surface area (Å²) in [5.41, 5.74) is 2.62. The van der Waals surface area contributed by atoms with Crippen LogP contribution in [0.3, 0.4) is 0 Å². The van der Waals surface area contributed by atoms with Gasteiger partial charge in [-0.15, -0.1) is 0 Å². The molecule has 0 radical (unpaired) electrons. The van der Waals surface area contributed by atoms with E-state index in [1.165, 1.54) is 24.0 Å². The molecule has 1 aromatic carbocycles. The topological polar surface area (TPSA) is 27.7 Å². The van der Waals surface area contributed by atoms with E-state index >= 15 is 0 Å². The van der Waals surface area contributed by atoms with Crippen molar-refractivity contribution in [2.75, 3.05) is 53.4 Å². The fourth-order valence-corrected chi connectivity index (χ4v) is 3.29. The second-order valence-corrected chi connectivity index (χ2v) is 6.65. The molecule has 0 aromatic heterocycles. The second kappa shape index (κ2) is 9.26. The number of hydrogen-bond acceptors (Lipinski definition) is 4. The molecule has 130 valence electrons. The van der Waals surface area contributed by atoms with E-state index in [9.17, 15) is 0 Å². The SMILES string of the molecule is CCCCN(C)C(CN1CCNCC1)c1cc(C)ccc1OC. The Morgan fingerprint density at radius 1 is 1.30 bits per heavy atom. The van der Waals surface area contributed by atoms with Crippen molar-refractivity contribution in [2.45, 2.75) is 32.7 Å². The zero-order chi connectivity index (χ0) is 16.7. The monoisotopic (exact) mass is 319 g/mol. The molecule has 4 nitrogen and oxygen atoms in total. The summed E-state index contributed by atoms with van der Waals surface area (Å²) in [6.07, 6.45) is 2.47. The van der Waals surface area contributed by atoms with E-state index in [0.29, 0.717) is 6.04 Å². The Morgan fingerprint density at radius 3 is 2.70 bits per heavy atom. The van der Waals surface area contributed by atoms with E-state index in [4.69, 9.17) is 4.74 Å². The van der Waals surface area contributed by atoms with Crippen LogP contribution >= 0.6 is 0 Å². The van der Waals surface area contributed by atoms with Crippen LogP contribution in [0, 0.1) is 6.92 Å². The van der Waals surface area contributed by atoms with Crippen molar-refractivity contribution in [3.8, 4) is 5.75 Å². The number of unbranched alkanes of at least 4 members (excludes halogenated alkanes) is 1. The van der Waals surface area contributed by atoms with Crippen molar-refractivity contribution < 1.29 is 4.74 Å². The van der Waals surface area contributed by atoms with Crippen molar-refractivity contribution in [3.05, 3.63) is 29.3 Å². The first-order chi connectivity index (χ1) is 11.2. The summed E-state index contributed by atoms with van der Waals surface area (Å²) >= 11 is 0. The molecule has 1 aliphatic heterocycles. The van der Waals surface area contributed by atoms with Gasteiger partial charge in [0.1, 0.15) is 5.75 Å². The maximum absolute atomic E-state index is 5.67. The number of likely N-dealkylation sites (N-methyl/N-ethyl adjacent to an activating group) is 1. The molecule has 0 amide bonds. The summed E-state index contributed by atoms with van der Waals surface area (Å²) in [5, 5.41) is 3.44. The molecular weight excluding hydrogens is 286 g/mol. The molecule has 1 saturated heterocycles. The lowest BCUT2D eigenvalue weighted by molar-refractivity contribution is 0.147. The van der Waals surface area contributed by atoms with E-state index in [2.05, 4.69) is 54.2 Å². The van der Waals surface area contributed by atoms with E-state index < -0.39 is 0 Å². The average molecular weight is 319 g/mol. The van der Waals surface area contributed by atoms with Crippen molar-refractivity contribution in [1.82, 2.24) is 15.1 Å². The molecule has 1 aromatic rings. The normalized spacial score (nSPS) is 17.4. The summed E-state index contributed by atoms with van der Waals surface area (Å²) < 4.78 is 5.67. The molecule has 23 heavy (non-hydrogen) atoms. The average Bonchev–Trinajstić information content (AvgIpc) is 2.58. The molecule has 0 aliphatic carbocycles. The van der Waals surface area contributed by atoms with Gasteiger partial charge in [0.2, 0.25) is 0 Å². The summed E-state index contributed by atoms with van der Waals surface area (Å²) in [4.78, 5) is 5.08. The first kappa shape index (κ1) is 18.2. The highest BCUT2D eigenvalue weighted by atomic mass is 16.5. The van der Waals surface area contributed by atoms with Crippen LogP contribution in [-0.2, 0) is 0 Å². The first-order valence-electron chi connectivity index (χ1n) is 8.93. The zero-order valence-corrected chi connectivity index (χ0v) is 15.3. The Labute approximate surface area is 141 Å². The largest absolute Gasteiger partial charge is 0.496 e. The minimum Gasteiger partial charge on any atom is -0.496 e. The van der Waals surface area contributed by atoms with Crippen LogP contribution in [0.15, 0.2) is 18.2 Å². The first-order valence-corrected chi connectivity index (χ1v) is 8.93. The predicted octanol–water partition coefficient (Wildman–Crippen LogP) is 2.68. The Balaban J connectivity index is 2.22. The van der Waals surface area contributed by atoms with Crippen LogP contribution in [0.1, 0.15) is 36.9 Å². The standard InChI is InChI=1S/C19H33N3O/c1-5-6-11-21(3)18(15-22-12-9-20-10-13-22)17-14-16(2)7-8-19(17)23-4/h7-8,14,18,20H,5-6,9-13,15H2,1-4H3. The molecule has 1 atom stereocenters. The van der Waals surface area contributed by atoms with Crippen molar-refractivity contribution in [2.24, 2.45) is 0 Å². The molecule has 1 N–H and O–H groups in total. The van der Waals surface area contributed by atoms with Crippen LogP contribution < -0.4 is 10.1 Å². The third kappa shape index (κ3) is 5.20. The number of benzene rings is 1. The second-order valence-electron chi connectivity index (χ2n) is 6.65. The van der Waals surface area contributed by atoms with E-state index in [0.717, 1.165) is 45.0 Å². The Kier molecular flexibility index (Phi) is 7.34. The van der Waals surface area contributed by atoms with Gasteiger partial charge in [0.05, 0.1) is 13.2 Å². The van der Waals surface area contributed by atoms with Crippen LogP contribution in [0.25, 0.3) is 0 Å². The highest BCUT2D eigenvalue weighted by Crippen LogP contribution is 2.31. The maximum atomic E-state index is 5.67. The van der Waals surface area contributed by atoms with Crippen molar-refractivity contribution >= 4 is 0 Å². The lowest BCUT2D eigenvalue weighted by Gasteiger charge is -2.36. The summed E-state index contributed by atoms with van der Waals surface area (Å²) in [6, 6.07) is 6.93. The number of nitrogens with one attached hydrogen (secondary N) is 1. The molecule has 1 fully saturated rings. The fraction of sp³-hybridized carbons (Fsp3) is 0.684. The van der Waals surface area contributed by atoms with Gasteiger partial charge in [-0.25, -0.2) is 0 Å². The molecule has 1 unspecified atom stereocenters. The van der Waals surface area contributed by atoms with Gasteiger partial charge >= 0.3 is 0 Å². The number of methoxy groups -OCH3 is 1.